The predicted molar refractivity (Wildman–Crippen MR) is 113 cm³/mol. The Morgan fingerprint density at radius 2 is 2.04 bits per heavy atom. The normalized spacial score (nSPS) is 17.4. The average molecular weight is 445 g/mol. The first kappa shape index (κ1) is 18.5. The lowest BCUT2D eigenvalue weighted by Crippen LogP contribution is -2.24. The van der Waals surface area contributed by atoms with E-state index in [1.54, 1.807) is 18.4 Å². The van der Waals surface area contributed by atoms with Crippen LogP contribution in [0.1, 0.15) is 12.8 Å². The van der Waals surface area contributed by atoms with Crippen molar-refractivity contribution in [1.29, 1.82) is 0 Å². The Bertz CT molecular complexity index is 972. The molecule has 4 nitrogen and oxygen atoms in total. The fourth-order valence-electron chi connectivity index (χ4n) is 3.26. The molecule has 140 valence electrons. The summed E-state index contributed by atoms with van der Waals surface area (Å²) in [4.78, 5) is 5.86. The zero-order valence-corrected chi connectivity index (χ0v) is 17.5. The Balaban J connectivity index is 1.81. The Morgan fingerprint density at radius 3 is 2.78 bits per heavy atom. The van der Waals surface area contributed by atoms with E-state index in [1.165, 1.54) is 5.56 Å². The van der Waals surface area contributed by atoms with E-state index >= 15 is 0 Å². The zero-order valence-electron chi connectivity index (χ0n) is 15.1. The smallest absolute Gasteiger partial charge is 0.190 e. The molecule has 3 aromatic rings. The van der Waals surface area contributed by atoms with Crippen LogP contribution in [0.25, 0.3) is 11.3 Å². The maximum Gasteiger partial charge on any atom is 0.190 e. The standard InChI is InChI=1S/C21H21BrN2O2S/c1-25-20-7-3-2-6-18(20)23-21-24(13-17-5-4-12-26-17)19(14-27-21)15-8-10-16(22)11-9-15/h2-3,6-11,14,17H,4-5,12-13H2,1H3. The maximum atomic E-state index is 5.90. The van der Waals surface area contributed by atoms with Gasteiger partial charge in [0.1, 0.15) is 11.4 Å². The third-order valence-electron chi connectivity index (χ3n) is 4.65. The van der Waals surface area contributed by atoms with Crippen molar-refractivity contribution in [2.45, 2.75) is 25.5 Å². The Hall–Kier alpha value is -1.89. The zero-order chi connectivity index (χ0) is 18.6. The van der Waals surface area contributed by atoms with Gasteiger partial charge >= 0.3 is 0 Å². The molecule has 1 aliphatic heterocycles. The molecule has 2 heterocycles. The Kier molecular flexibility index (Phi) is 5.76. The second kappa shape index (κ2) is 8.42. The topological polar surface area (TPSA) is 35.8 Å². The molecular weight excluding hydrogens is 424 g/mol. The highest BCUT2D eigenvalue weighted by Gasteiger charge is 2.19. The van der Waals surface area contributed by atoms with E-state index < -0.39 is 0 Å². The van der Waals surface area contributed by atoms with Gasteiger partial charge in [0, 0.05) is 16.5 Å². The number of ether oxygens (including phenoxy) is 2. The largest absolute Gasteiger partial charge is 0.494 e. The molecule has 1 atom stereocenters. The lowest BCUT2D eigenvalue weighted by atomic mass is 10.1. The highest BCUT2D eigenvalue weighted by Crippen LogP contribution is 2.28. The van der Waals surface area contributed by atoms with Gasteiger partial charge in [0.15, 0.2) is 4.80 Å². The molecule has 1 fully saturated rings. The van der Waals surface area contributed by atoms with Gasteiger partial charge in [-0.15, -0.1) is 11.3 Å². The molecule has 27 heavy (non-hydrogen) atoms. The number of hydrogen-bond acceptors (Lipinski definition) is 4. The minimum Gasteiger partial charge on any atom is -0.494 e. The van der Waals surface area contributed by atoms with Crippen molar-refractivity contribution >= 4 is 33.0 Å². The van der Waals surface area contributed by atoms with Crippen molar-refractivity contribution in [2.24, 2.45) is 4.99 Å². The molecule has 1 aromatic heterocycles. The van der Waals surface area contributed by atoms with E-state index in [-0.39, 0.29) is 6.10 Å². The summed E-state index contributed by atoms with van der Waals surface area (Å²) in [5.41, 5.74) is 3.18. The van der Waals surface area contributed by atoms with E-state index in [0.717, 1.165) is 52.4 Å². The Labute approximate surface area is 171 Å². The molecule has 0 spiro atoms. The van der Waals surface area contributed by atoms with E-state index in [9.17, 15) is 0 Å². The van der Waals surface area contributed by atoms with E-state index in [2.05, 4.69) is 50.1 Å². The maximum absolute atomic E-state index is 5.90. The predicted octanol–water partition coefficient (Wildman–Crippen LogP) is 5.40. The molecule has 0 N–H and O–H groups in total. The highest BCUT2D eigenvalue weighted by atomic mass is 79.9. The van der Waals surface area contributed by atoms with Crippen LogP contribution in [0.4, 0.5) is 5.69 Å². The third kappa shape index (κ3) is 4.18. The summed E-state index contributed by atoms with van der Waals surface area (Å²) in [5, 5.41) is 2.17. The molecule has 1 saturated heterocycles. The van der Waals surface area contributed by atoms with Crippen molar-refractivity contribution in [3.63, 3.8) is 0 Å². The summed E-state index contributed by atoms with van der Waals surface area (Å²) < 4.78 is 14.7. The molecule has 0 aliphatic carbocycles. The monoisotopic (exact) mass is 444 g/mol. The van der Waals surface area contributed by atoms with Gasteiger partial charge in [0.05, 0.1) is 25.5 Å². The molecule has 1 unspecified atom stereocenters. The third-order valence-corrected chi connectivity index (χ3v) is 6.04. The number of nitrogens with zero attached hydrogens (tertiary/aromatic N) is 2. The van der Waals surface area contributed by atoms with Crippen LogP contribution < -0.4 is 9.54 Å². The molecule has 0 bridgehead atoms. The van der Waals surface area contributed by atoms with Crippen LogP contribution in [0.5, 0.6) is 5.75 Å². The number of aromatic nitrogens is 1. The molecule has 6 heteroatoms. The number of thiazole rings is 1. The number of hydrogen-bond donors (Lipinski definition) is 0. The highest BCUT2D eigenvalue weighted by molar-refractivity contribution is 9.10. The second-order valence-electron chi connectivity index (χ2n) is 6.44. The average Bonchev–Trinajstić information content (AvgIpc) is 3.34. The van der Waals surface area contributed by atoms with Gasteiger partial charge in [-0.05, 0) is 42.7 Å². The molecule has 1 aliphatic rings. The Morgan fingerprint density at radius 1 is 1.22 bits per heavy atom. The van der Waals surface area contributed by atoms with Gasteiger partial charge in [0.25, 0.3) is 0 Å². The van der Waals surface area contributed by atoms with Gasteiger partial charge < -0.3 is 14.0 Å². The number of benzene rings is 2. The number of halogens is 1. The second-order valence-corrected chi connectivity index (χ2v) is 8.19. The number of methoxy groups -OCH3 is 1. The fourth-order valence-corrected chi connectivity index (χ4v) is 4.46. The first-order valence-corrected chi connectivity index (χ1v) is 10.7. The number of para-hydroxylation sites is 2. The van der Waals surface area contributed by atoms with Crippen LogP contribution in [-0.2, 0) is 11.3 Å². The van der Waals surface area contributed by atoms with Crippen molar-refractivity contribution in [3.8, 4) is 17.0 Å². The quantitative estimate of drug-likeness (QED) is 0.527. The summed E-state index contributed by atoms with van der Waals surface area (Å²) in [6.07, 6.45) is 2.46. The molecule has 0 radical (unpaired) electrons. The van der Waals surface area contributed by atoms with E-state index in [0.29, 0.717) is 0 Å². The lowest BCUT2D eigenvalue weighted by Gasteiger charge is -2.14. The SMILES string of the molecule is COc1ccccc1N=c1scc(-c2ccc(Br)cc2)n1CC1CCCO1. The van der Waals surface area contributed by atoms with Gasteiger partial charge in [-0.25, -0.2) is 4.99 Å². The van der Waals surface area contributed by atoms with Gasteiger partial charge in [-0.2, -0.15) is 0 Å². The van der Waals surface area contributed by atoms with Crippen LogP contribution >= 0.6 is 27.3 Å². The van der Waals surface area contributed by atoms with Gasteiger partial charge in [-0.1, -0.05) is 40.2 Å². The van der Waals surface area contributed by atoms with Crippen molar-refractivity contribution in [2.75, 3.05) is 13.7 Å². The lowest BCUT2D eigenvalue weighted by molar-refractivity contribution is 0.0968. The van der Waals surface area contributed by atoms with Crippen molar-refractivity contribution in [3.05, 3.63) is 63.2 Å². The molecule has 2 aromatic carbocycles. The van der Waals surface area contributed by atoms with E-state index in [4.69, 9.17) is 14.5 Å². The van der Waals surface area contributed by atoms with Crippen molar-refractivity contribution < 1.29 is 9.47 Å². The first-order valence-electron chi connectivity index (χ1n) is 8.98. The first-order chi connectivity index (χ1) is 13.2. The van der Waals surface area contributed by atoms with Gasteiger partial charge in [-0.3, -0.25) is 0 Å². The molecular formula is C21H21BrN2O2S. The molecule has 0 saturated carbocycles. The minimum atomic E-state index is 0.241. The fraction of sp³-hybridized carbons (Fsp3) is 0.286. The summed E-state index contributed by atoms with van der Waals surface area (Å²) in [7, 11) is 1.68. The summed E-state index contributed by atoms with van der Waals surface area (Å²) >= 11 is 5.16. The molecule has 0 amide bonds. The summed E-state index contributed by atoms with van der Waals surface area (Å²) in [5.74, 6) is 0.778. The summed E-state index contributed by atoms with van der Waals surface area (Å²) in [6, 6.07) is 16.3. The van der Waals surface area contributed by atoms with Crippen LogP contribution in [0.15, 0.2) is 63.4 Å². The van der Waals surface area contributed by atoms with Crippen LogP contribution in [0.3, 0.4) is 0 Å². The molecule has 4 rings (SSSR count). The minimum absolute atomic E-state index is 0.241. The van der Waals surface area contributed by atoms with Crippen LogP contribution in [-0.4, -0.2) is 24.4 Å². The van der Waals surface area contributed by atoms with E-state index in [1.807, 2.05) is 24.3 Å². The van der Waals surface area contributed by atoms with Gasteiger partial charge in [0.2, 0.25) is 0 Å². The van der Waals surface area contributed by atoms with Crippen LogP contribution in [0, 0.1) is 0 Å². The summed E-state index contributed by atoms with van der Waals surface area (Å²) in [6.45, 7) is 1.66. The number of rotatable bonds is 5. The van der Waals surface area contributed by atoms with Crippen LogP contribution in [0.2, 0.25) is 0 Å². The van der Waals surface area contributed by atoms with Crippen molar-refractivity contribution in [1.82, 2.24) is 4.57 Å².